The van der Waals surface area contributed by atoms with Gasteiger partial charge in [-0.2, -0.15) is 0 Å². The lowest BCUT2D eigenvalue weighted by molar-refractivity contribution is 0.0191. The van der Waals surface area contributed by atoms with Crippen molar-refractivity contribution in [2.75, 3.05) is 47.4 Å². The lowest BCUT2D eigenvalue weighted by Gasteiger charge is -2.26. The molecule has 10 nitrogen and oxygen atoms in total. The highest BCUT2D eigenvalue weighted by atomic mass is 16.5. The fourth-order valence-corrected chi connectivity index (χ4v) is 5.75. The van der Waals surface area contributed by atoms with E-state index in [0.717, 1.165) is 16.7 Å². The maximum absolute atomic E-state index is 9.95. The van der Waals surface area contributed by atoms with Gasteiger partial charge in [0, 0.05) is 11.8 Å². The van der Waals surface area contributed by atoms with Crippen LogP contribution in [-0.4, -0.2) is 52.9 Å². The third-order valence-corrected chi connectivity index (χ3v) is 8.06. The largest absolute Gasteiger partial charge is 0.504 e. The summed E-state index contributed by atoms with van der Waals surface area (Å²) in [5.74, 6) is 2.78. The van der Waals surface area contributed by atoms with Crippen molar-refractivity contribution in [3.8, 4) is 34.5 Å². The Balaban J connectivity index is 1.37. The van der Waals surface area contributed by atoms with E-state index >= 15 is 0 Å². The van der Waals surface area contributed by atoms with Crippen molar-refractivity contribution in [1.82, 2.24) is 0 Å². The number of phenols is 1. The minimum Gasteiger partial charge on any atom is -0.504 e. The molecule has 0 spiro atoms. The van der Waals surface area contributed by atoms with Gasteiger partial charge in [-0.05, 0) is 60.0 Å². The van der Waals surface area contributed by atoms with Gasteiger partial charge >= 0.3 is 0 Å². The molecule has 0 bridgehead atoms. The van der Waals surface area contributed by atoms with Crippen LogP contribution in [0.1, 0.15) is 41.9 Å². The van der Waals surface area contributed by atoms with Gasteiger partial charge in [-0.3, -0.25) is 0 Å². The topological polar surface area (TPSA) is 137 Å². The van der Waals surface area contributed by atoms with Crippen LogP contribution in [0.3, 0.4) is 0 Å². The van der Waals surface area contributed by atoms with Crippen molar-refractivity contribution < 1.29 is 38.3 Å². The van der Waals surface area contributed by atoms with Crippen molar-refractivity contribution in [2.24, 2.45) is 17.6 Å². The summed E-state index contributed by atoms with van der Waals surface area (Å²) < 4.78 is 41.1. The highest BCUT2D eigenvalue weighted by Gasteiger charge is 2.48. The molecular formula is C31H38N2O8. The van der Waals surface area contributed by atoms with Crippen molar-refractivity contribution in [1.29, 1.82) is 0 Å². The number of rotatable bonds is 10. The van der Waals surface area contributed by atoms with E-state index in [-0.39, 0.29) is 29.8 Å². The van der Waals surface area contributed by atoms with Crippen LogP contribution in [0.15, 0.2) is 48.5 Å². The summed E-state index contributed by atoms with van der Waals surface area (Å²) in [6.45, 7) is 2.97. The Labute approximate surface area is 240 Å². The number of hydrogen-bond acceptors (Lipinski definition) is 10. The number of nitrogens with two attached hydrogens (primary N) is 2. The third kappa shape index (κ3) is 5.42. The second-order valence-electron chi connectivity index (χ2n) is 10.4. The van der Waals surface area contributed by atoms with Crippen molar-refractivity contribution in [2.45, 2.75) is 31.3 Å². The summed E-state index contributed by atoms with van der Waals surface area (Å²) in [6.07, 6.45) is -0.792. The molecule has 0 aliphatic carbocycles. The van der Waals surface area contributed by atoms with Gasteiger partial charge in [0.15, 0.2) is 23.0 Å². The lowest BCUT2D eigenvalue weighted by Crippen LogP contribution is -2.29. The van der Waals surface area contributed by atoms with Gasteiger partial charge in [-0.1, -0.05) is 12.1 Å². The van der Waals surface area contributed by atoms with Gasteiger partial charge in [-0.25, -0.2) is 0 Å². The average molecular weight is 567 g/mol. The molecule has 3 unspecified atom stereocenters. The summed E-state index contributed by atoms with van der Waals surface area (Å²) in [5, 5.41) is 9.95. The first-order valence-corrected chi connectivity index (χ1v) is 13.5. The molecule has 2 fully saturated rings. The van der Waals surface area contributed by atoms with Crippen LogP contribution >= 0.6 is 0 Å². The minimum atomic E-state index is -0.517. The van der Waals surface area contributed by atoms with Crippen LogP contribution in [0.25, 0.3) is 0 Å². The first-order valence-electron chi connectivity index (χ1n) is 13.5. The predicted octanol–water partition coefficient (Wildman–Crippen LogP) is 4.55. The quantitative estimate of drug-likeness (QED) is 0.300. The number of methoxy groups -OCH3 is 4. The molecule has 6 atom stereocenters. The molecule has 2 heterocycles. The maximum atomic E-state index is 9.95. The second-order valence-corrected chi connectivity index (χ2v) is 10.4. The lowest BCUT2D eigenvalue weighted by atomic mass is 9.84. The number of anilines is 1. The van der Waals surface area contributed by atoms with E-state index in [0.29, 0.717) is 47.6 Å². The first-order chi connectivity index (χ1) is 19.8. The number of nitrogen functional groups attached to an aromatic ring is 1. The number of phenolic OH excluding ortho intramolecular Hbond substituents is 1. The fourth-order valence-electron chi connectivity index (χ4n) is 5.75. The Morgan fingerprint density at radius 3 is 1.90 bits per heavy atom. The number of aromatic hydroxyl groups is 1. The molecule has 2 aliphatic heterocycles. The molecule has 2 aliphatic rings. The van der Waals surface area contributed by atoms with Crippen LogP contribution in [0, 0.1) is 11.8 Å². The van der Waals surface area contributed by atoms with Crippen LogP contribution in [0.2, 0.25) is 0 Å². The summed E-state index contributed by atoms with van der Waals surface area (Å²) in [5.41, 5.74) is 15.8. The van der Waals surface area contributed by atoms with E-state index in [9.17, 15) is 5.11 Å². The van der Waals surface area contributed by atoms with Crippen LogP contribution < -0.4 is 35.2 Å². The maximum Gasteiger partial charge on any atom is 0.203 e. The molecule has 41 heavy (non-hydrogen) atoms. The molecule has 5 rings (SSSR count). The van der Waals surface area contributed by atoms with E-state index in [1.165, 1.54) is 7.11 Å². The molecule has 0 amide bonds. The van der Waals surface area contributed by atoms with Gasteiger partial charge in [0.2, 0.25) is 5.75 Å². The molecular weight excluding hydrogens is 528 g/mol. The SMILES string of the molecule is COc1cc([C@@H]2OCC3C2CO[C@H]3c2cc(OC)c(OC(C)[C@H](N)c3ccc(O)c(OC)c3)c(OC)c2)ccc1N. The van der Waals surface area contributed by atoms with Crippen LogP contribution in [-0.2, 0) is 9.47 Å². The summed E-state index contributed by atoms with van der Waals surface area (Å²) >= 11 is 0. The Morgan fingerprint density at radius 1 is 0.756 bits per heavy atom. The van der Waals surface area contributed by atoms with E-state index in [1.807, 2.05) is 37.3 Å². The Hall–Kier alpha value is -3.86. The molecule has 0 radical (unpaired) electrons. The smallest absolute Gasteiger partial charge is 0.203 e. The molecule has 5 N–H and O–H groups in total. The zero-order chi connectivity index (χ0) is 29.3. The van der Waals surface area contributed by atoms with Crippen molar-refractivity contribution in [3.63, 3.8) is 0 Å². The average Bonchev–Trinajstić information content (AvgIpc) is 3.60. The van der Waals surface area contributed by atoms with Crippen LogP contribution in [0.5, 0.6) is 34.5 Å². The third-order valence-electron chi connectivity index (χ3n) is 8.06. The van der Waals surface area contributed by atoms with Gasteiger partial charge in [0.1, 0.15) is 11.9 Å². The molecule has 2 saturated heterocycles. The molecule has 3 aromatic carbocycles. The van der Waals surface area contributed by atoms with Gasteiger partial charge in [-0.15, -0.1) is 0 Å². The zero-order valence-electron chi connectivity index (χ0n) is 24.0. The number of hydrogen-bond donors (Lipinski definition) is 3. The fraction of sp³-hybridized carbons (Fsp3) is 0.419. The summed E-state index contributed by atoms with van der Waals surface area (Å²) in [6, 6.07) is 14.1. The van der Waals surface area contributed by atoms with Gasteiger partial charge in [0.25, 0.3) is 0 Å². The molecule has 0 aromatic heterocycles. The normalized spacial score (nSPS) is 23.0. The molecule has 3 aromatic rings. The highest BCUT2D eigenvalue weighted by Crippen LogP contribution is 2.52. The molecule has 0 saturated carbocycles. The highest BCUT2D eigenvalue weighted by molar-refractivity contribution is 5.56. The van der Waals surface area contributed by atoms with Crippen molar-refractivity contribution in [3.05, 3.63) is 65.2 Å². The minimum absolute atomic E-state index is 0.0412. The summed E-state index contributed by atoms with van der Waals surface area (Å²) in [4.78, 5) is 0. The molecule has 10 heteroatoms. The summed E-state index contributed by atoms with van der Waals surface area (Å²) in [7, 11) is 6.27. The number of fused-ring (bicyclic) bond motifs is 1. The number of benzene rings is 3. The monoisotopic (exact) mass is 566 g/mol. The van der Waals surface area contributed by atoms with Crippen LogP contribution in [0.4, 0.5) is 5.69 Å². The van der Waals surface area contributed by atoms with Crippen molar-refractivity contribution >= 4 is 5.69 Å². The molecule has 220 valence electrons. The Morgan fingerprint density at radius 2 is 1.32 bits per heavy atom. The van der Waals surface area contributed by atoms with Gasteiger partial charge < -0.3 is 49.7 Å². The Bertz CT molecular complexity index is 1360. The Kier molecular flexibility index (Phi) is 8.35. The zero-order valence-corrected chi connectivity index (χ0v) is 24.0. The first kappa shape index (κ1) is 28.7. The van der Waals surface area contributed by atoms with E-state index in [4.69, 9.17) is 44.6 Å². The van der Waals surface area contributed by atoms with Gasteiger partial charge in [0.05, 0.1) is 65.6 Å². The van der Waals surface area contributed by atoms with E-state index < -0.39 is 12.1 Å². The standard InChI is InChI=1S/C31H38N2O8/c1-16(28(33)17-7-9-23(34)25(10-17)36-3)41-31-26(37-4)12-19(13-27(31)38-5)30-21-15-39-29(20(21)14-40-30)18-6-8-22(32)24(11-18)35-2/h6-13,16,20-21,28-30,34H,14-15,32-33H2,1-5H3/t16?,20?,21?,28-,29-,30-/m0/s1. The number of ether oxygens (including phenoxy) is 7. The van der Waals surface area contributed by atoms with E-state index in [1.54, 1.807) is 39.5 Å². The van der Waals surface area contributed by atoms with E-state index in [2.05, 4.69) is 0 Å². The predicted molar refractivity (Wildman–Crippen MR) is 153 cm³/mol. The second kappa shape index (κ2) is 11.9.